The molecular weight excluding hydrogens is 342 g/mol. The Balaban J connectivity index is 1.74. The van der Waals surface area contributed by atoms with E-state index in [0.29, 0.717) is 0 Å². The van der Waals surface area contributed by atoms with Crippen LogP contribution in [0, 0.1) is 0 Å². The average molecular weight is 365 g/mol. The van der Waals surface area contributed by atoms with Crippen molar-refractivity contribution in [3.63, 3.8) is 0 Å². The number of aromatic nitrogens is 4. The summed E-state index contributed by atoms with van der Waals surface area (Å²) in [5.41, 5.74) is 1.52. The SMILES string of the molecule is COc1ccc(-n2nnnc2C2(Nc3ccccc3OC)CCCC2)cc1. The lowest BCUT2D eigenvalue weighted by Crippen LogP contribution is -2.35. The Morgan fingerprint density at radius 3 is 2.41 bits per heavy atom. The molecule has 1 saturated carbocycles. The molecule has 1 aliphatic carbocycles. The second kappa shape index (κ2) is 7.26. The minimum Gasteiger partial charge on any atom is -0.497 e. The van der Waals surface area contributed by atoms with Gasteiger partial charge in [-0.05, 0) is 59.7 Å². The normalized spacial score (nSPS) is 15.5. The van der Waals surface area contributed by atoms with Gasteiger partial charge in [0.15, 0.2) is 5.82 Å². The Hall–Kier alpha value is -3.09. The fourth-order valence-corrected chi connectivity index (χ4v) is 3.77. The number of benzene rings is 2. The molecule has 1 heterocycles. The van der Waals surface area contributed by atoms with Crippen LogP contribution in [0.5, 0.6) is 11.5 Å². The first-order chi connectivity index (χ1) is 13.3. The van der Waals surface area contributed by atoms with Gasteiger partial charge in [-0.2, -0.15) is 4.68 Å². The predicted octanol–water partition coefficient (Wildman–Crippen LogP) is 3.56. The molecule has 1 aliphatic rings. The molecule has 0 radical (unpaired) electrons. The Morgan fingerprint density at radius 2 is 1.70 bits per heavy atom. The number of nitrogens with one attached hydrogen (secondary N) is 1. The number of hydrogen-bond donors (Lipinski definition) is 1. The zero-order valence-corrected chi connectivity index (χ0v) is 15.6. The summed E-state index contributed by atoms with van der Waals surface area (Å²) in [5.74, 6) is 2.43. The molecule has 1 fully saturated rings. The van der Waals surface area contributed by atoms with E-state index >= 15 is 0 Å². The van der Waals surface area contributed by atoms with Gasteiger partial charge in [0, 0.05) is 0 Å². The molecule has 7 heteroatoms. The van der Waals surface area contributed by atoms with Crippen LogP contribution in [-0.4, -0.2) is 34.4 Å². The van der Waals surface area contributed by atoms with E-state index in [1.165, 1.54) is 0 Å². The lowest BCUT2D eigenvalue weighted by molar-refractivity contribution is 0.409. The van der Waals surface area contributed by atoms with Gasteiger partial charge in [-0.25, -0.2) is 0 Å². The maximum atomic E-state index is 5.52. The Morgan fingerprint density at radius 1 is 0.963 bits per heavy atom. The number of hydrogen-bond acceptors (Lipinski definition) is 6. The zero-order valence-electron chi connectivity index (χ0n) is 15.6. The van der Waals surface area contributed by atoms with Gasteiger partial charge in [-0.15, -0.1) is 5.10 Å². The summed E-state index contributed by atoms with van der Waals surface area (Å²) in [4.78, 5) is 0. The first-order valence-corrected chi connectivity index (χ1v) is 9.10. The minimum absolute atomic E-state index is 0.335. The third-order valence-corrected chi connectivity index (χ3v) is 5.15. The highest BCUT2D eigenvalue weighted by atomic mass is 16.5. The monoisotopic (exact) mass is 365 g/mol. The maximum Gasteiger partial charge on any atom is 0.181 e. The van der Waals surface area contributed by atoms with Gasteiger partial charge in [0.2, 0.25) is 0 Å². The fourth-order valence-electron chi connectivity index (χ4n) is 3.77. The molecule has 7 nitrogen and oxygen atoms in total. The highest BCUT2D eigenvalue weighted by Crippen LogP contribution is 2.42. The van der Waals surface area contributed by atoms with Crippen molar-refractivity contribution >= 4 is 5.69 Å². The third kappa shape index (κ3) is 3.20. The first-order valence-electron chi connectivity index (χ1n) is 9.10. The molecule has 27 heavy (non-hydrogen) atoms. The molecule has 0 spiro atoms. The van der Waals surface area contributed by atoms with Crippen LogP contribution in [0.15, 0.2) is 48.5 Å². The highest BCUT2D eigenvalue weighted by molar-refractivity contribution is 5.58. The highest BCUT2D eigenvalue weighted by Gasteiger charge is 2.41. The summed E-state index contributed by atoms with van der Waals surface area (Å²) in [7, 11) is 3.34. The molecule has 140 valence electrons. The number of nitrogens with zero attached hydrogens (tertiary/aromatic N) is 4. The quantitative estimate of drug-likeness (QED) is 0.720. The number of tetrazole rings is 1. The van der Waals surface area contributed by atoms with Gasteiger partial charge in [0.1, 0.15) is 11.5 Å². The van der Waals surface area contributed by atoms with E-state index < -0.39 is 0 Å². The molecule has 4 rings (SSSR count). The van der Waals surface area contributed by atoms with Crippen LogP contribution in [-0.2, 0) is 5.54 Å². The molecule has 2 aromatic carbocycles. The Kier molecular flexibility index (Phi) is 4.66. The molecule has 0 bridgehead atoms. The number of methoxy groups -OCH3 is 2. The van der Waals surface area contributed by atoms with Crippen LogP contribution < -0.4 is 14.8 Å². The molecule has 0 saturated heterocycles. The summed E-state index contributed by atoms with van der Waals surface area (Å²) >= 11 is 0. The first kappa shape index (κ1) is 17.3. The lowest BCUT2D eigenvalue weighted by atomic mass is 9.95. The average Bonchev–Trinajstić information content (AvgIpc) is 3.39. The van der Waals surface area contributed by atoms with E-state index in [1.807, 2.05) is 53.2 Å². The number of ether oxygens (including phenoxy) is 2. The van der Waals surface area contributed by atoms with E-state index in [4.69, 9.17) is 9.47 Å². The number of anilines is 1. The van der Waals surface area contributed by atoms with Crippen LogP contribution in [0.25, 0.3) is 5.69 Å². The van der Waals surface area contributed by atoms with Crippen molar-refractivity contribution in [3.05, 3.63) is 54.4 Å². The zero-order chi connectivity index (χ0) is 18.7. The summed E-state index contributed by atoms with van der Waals surface area (Å²) in [6.07, 6.45) is 4.17. The van der Waals surface area contributed by atoms with E-state index in [1.54, 1.807) is 14.2 Å². The third-order valence-electron chi connectivity index (χ3n) is 5.15. The van der Waals surface area contributed by atoms with Crippen molar-refractivity contribution in [2.75, 3.05) is 19.5 Å². The van der Waals surface area contributed by atoms with Gasteiger partial charge in [0.25, 0.3) is 0 Å². The van der Waals surface area contributed by atoms with Crippen LogP contribution in [0.3, 0.4) is 0 Å². The molecule has 0 atom stereocenters. The topological polar surface area (TPSA) is 74.1 Å². The Labute approximate surface area is 158 Å². The van der Waals surface area contributed by atoms with Gasteiger partial charge in [0.05, 0.1) is 31.1 Å². The van der Waals surface area contributed by atoms with Crippen LogP contribution in [0.4, 0.5) is 5.69 Å². The standard InChI is InChI=1S/C20H23N5O2/c1-26-16-11-9-15(10-12-16)25-19(22-23-24-25)20(13-5-6-14-20)21-17-7-3-4-8-18(17)27-2/h3-4,7-12,21H,5-6,13-14H2,1-2H3. The smallest absolute Gasteiger partial charge is 0.181 e. The van der Waals surface area contributed by atoms with Gasteiger partial charge >= 0.3 is 0 Å². The van der Waals surface area contributed by atoms with Crippen molar-refractivity contribution in [1.29, 1.82) is 0 Å². The van der Waals surface area contributed by atoms with E-state index in [2.05, 4.69) is 20.8 Å². The molecule has 1 N–H and O–H groups in total. The summed E-state index contributed by atoms with van der Waals surface area (Å²) in [6.45, 7) is 0. The Bertz CT molecular complexity index is 901. The van der Waals surface area contributed by atoms with Gasteiger partial charge in [-0.3, -0.25) is 0 Å². The molecule has 0 aliphatic heterocycles. The van der Waals surface area contributed by atoms with Gasteiger partial charge < -0.3 is 14.8 Å². The van der Waals surface area contributed by atoms with E-state index in [9.17, 15) is 0 Å². The fraction of sp³-hybridized carbons (Fsp3) is 0.350. The van der Waals surface area contributed by atoms with Crippen LogP contribution in [0.2, 0.25) is 0 Å². The second-order valence-corrected chi connectivity index (χ2v) is 6.73. The second-order valence-electron chi connectivity index (χ2n) is 6.73. The number of rotatable bonds is 6. The molecule has 1 aromatic heterocycles. The largest absolute Gasteiger partial charge is 0.497 e. The van der Waals surface area contributed by atoms with Crippen molar-refractivity contribution in [2.24, 2.45) is 0 Å². The van der Waals surface area contributed by atoms with E-state index in [0.717, 1.165) is 54.4 Å². The summed E-state index contributed by atoms with van der Waals surface area (Å²) in [6, 6.07) is 15.7. The number of para-hydroxylation sites is 2. The molecule has 0 unspecified atom stereocenters. The van der Waals surface area contributed by atoms with Crippen molar-refractivity contribution in [3.8, 4) is 17.2 Å². The van der Waals surface area contributed by atoms with Crippen LogP contribution in [0.1, 0.15) is 31.5 Å². The van der Waals surface area contributed by atoms with Gasteiger partial charge in [-0.1, -0.05) is 25.0 Å². The summed E-state index contributed by atoms with van der Waals surface area (Å²) < 4.78 is 12.6. The maximum absolute atomic E-state index is 5.52. The van der Waals surface area contributed by atoms with Crippen molar-refractivity contribution in [2.45, 2.75) is 31.2 Å². The molecular formula is C20H23N5O2. The van der Waals surface area contributed by atoms with Crippen molar-refractivity contribution < 1.29 is 9.47 Å². The predicted molar refractivity (Wildman–Crippen MR) is 102 cm³/mol. The lowest BCUT2D eigenvalue weighted by Gasteiger charge is -2.30. The summed E-state index contributed by atoms with van der Waals surface area (Å²) in [5, 5.41) is 16.3. The molecule has 3 aromatic rings. The van der Waals surface area contributed by atoms with Crippen LogP contribution >= 0.6 is 0 Å². The molecule has 0 amide bonds. The van der Waals surface area contributed by atoms with Crippen molar-refractivity contribution in [1.82, 2.24) is 20.2 Å². The van der Waals surface area contributed by atoms with E-state index in [-0.39, 0.29) is 5.54 Å². The minimum atomic E-state index is -0.335.